The molecule has 1 aromatic rings. The Balaban J connectivity index is 2.33. The van der Waals surface area contributed by atoms with Crippen molar-refractivity contribution in [1.82, 2.24) is 5.10 Å². The summed E-state index contributed by atoms with van der Waals surface area (Å²) in [6.45, 7) is -0.0914. The first-order valence-corrected chi connectivity index (χ1v) is 5.07. The molecule has 0 bridgehead atoms. The van der Waals surface area contributed by atoms with Crippen LogP contribution in [0.1, 0.15) is 24.1 Å². The van der Waals surface area contributed by atoms with Crippen molar-refractivity contribution in [3.8, 4) is 0 Å². The summed E-state index contributed by atoms with van der Waals surface area (Å²) in [4.78, 5) is 10.5. The number of nitrogens with zero attached hydrogens (tertiary/aromatic N) is 1. The number of hydrogen-bond acceptors (Lipinski definition) is 1. The fourth-order valence-electron chi connectivity index (χ4n) is 1.88. The van der Waals surface area contributed by atoms with E-state index in [0.29, 0.717) is 5.15 Å². The smallest absolute Gasteiger partial charge is 0.372 e. The number of aromatic nitrogens is 2. The van der Waals surface area contributed by atoms with Gasteiger partial charge in [-0.2, -0.15) is 5.10 Å². The summed E-state index contributed by atoms with van der Waals surface area (Å²) in [6, 6.07) is 0. The highest BCUT2D eigenvalue weighted by atomic mass is 35.5. The fraction of sp³-hybridized carbons (Fsp3) is 0.556. The number of carbonyl (C=O) groups is 1. The van der Waals surface area contributed by atoms with Crippen LogP contribution in [0.3, 0.4) is 0 Å². The molecule has 0 fully saturated rings. The molecule has 76 valence electrons. The maximum Gasteiger partial charge on any atom is 0.372 e. The van der Waals surface area contributed by atoms with E-state index in [9.17, 15) is 4.79 Å². The maximum absolute atomic E-state index is 10.5. The van der Waals surface area contributed by atoms with Crippen LogP contribution in [-0.2, 0) is 24.2 Å². The lowest BCUT2D eigenvalue weighted by molar-refractivity contribution is -0.738. The molecule has 1 heterocycles. The third kappa shape index (κ3) is 1.62. The third-order valence-corrected chi connectivity index (χ3v) is 2.95. The average molecular weight is 216 g/mol. The summed E-state index contributed by atoms with van der Waals surface area (Å²) in [7, 11) is 0. The van der Waals surface area contributed by atoms with Crippen molar-refractivity contribution < 1.29 is 14.6 Å². The van der Waals surface area contributed by atoms with Gasteiger partial charge >= 0.3 is 11.1 Å². The molecule has 4 nitrogen and oxygen atoms in total. The van der Waals surface area contributed by atoms with Crippen LogP contribution in [-0.4, -0.2) is 16.2 Å². The minimum absolute atomic E-state index is 0.0914. The van der Waals surface area contributed by atoms with E-state index in [0.717, 1.165) is 36.9 Å². The Morgan fingerprint density at radius 1 is 1.50 bits per heavy atom. The zero-order chi connectivity index (χ0) is 10.1. The number of rotatable bonds is 2. The van der Waals surface area contributed by atoms with Gasteiger partial charge in [0.25, 0.3) is 6.54 Å². The Morgan fingerprint density at radius 3 is 2.86 bits per heavy atom. The van der Waals surface area contributed by atoms with Gasteiger partial charge in [-0.15, -0.1) is 0 Å². The zero-order valence-corrected chi connectivity index (χ0v) is 8.47. The van der Waals surface area contributed by atoms with Crippen LogP contribution in [0.5, 0.6) is 0 Å². The maximum atomic E-state index is 10.5. The van der Waals surface area contributed by atoms with E-state index >= 15 is 0 Å². The van der Waals surface area contributed by atoms with Crippen LogP contribution < -0.4 is 4.68 Å². The molecule has 0 aliphatic heterocycles. The summed E-state index contributed by atoms with van der Waals surface area (Å²) in [6.07, 6.45) is 4.22. The highest BCUT2D eigenvalue weighted by Crippen LogP contribution is 2.23. The van der Waals surface area contributed by atoms with Gasteiger partial charge in [-0.05, 0) is 37.3 Å². The van der Waals surface area contributed by atoms with Crippen LogP contribution in [0, 0.1) is 0 Å². The molecule has 0 spiro atoms. The van der Waals surface area contributed by atoms with E-state index in [-0.39, 0.29) is 6.54 Å². The first-order chi connectivity index (χ1) is 6.68. The summed E-state index contributed by atoms with van der Waals surface area (Å²) < 4.78 is 1.50. The summed E-state index contributed by atoms with van der Waals surface area (Å²) >= 11 is 6.05. The quantitative estimate of drug-likeness (QED) is 0.721. The van der Waals surface area contributed by atoms with E-state index in [1.807, 2.05) is 0 Å². The Labute approximate surface area is 86.5 Å². The van der Waals surface area contributed by atoms with Crippen molar-refractivity contribution in [2.45, 2.75) is 32.2 Å². The number of halogens is 1. The number of nitrogens with one attached hydrogen (secondary N) is 1. The van der Waals surface area contributed by atoms with Crippen molar-refractivity contribution in [3.63, 3.8) is 0 Å². The molecule has 1 aliphatic carbocycles. The van der Waals surface area contributed by atoms with E-state index in [1.54, 1.807) is 0 Å². The monoisotopic (exact) mass is 215 g/mol. The number of aromatic amines is 1. The highest BCUT2D eigenvalue weighted by molar-refractivity contribution is 6.29. The van der Waals surface area contributed by atoms with Gasteiger partial charge < -0.3 is 5.11 Å². The number of hydrogen-bond donors (Lipinski definition) is 2. The molecule has 5 heteroatoms. The van der Waals surface area contributed by atoms with Crippen LogP contribution in [0.4, 0.5) is 0 Å². The first-order valence-electron chi connectivity index (χ1n) is 4.69. The van der Waals surface area contributed by atoms with Crippen molar-refractivity contribution in [2.75, 3.05) is 0 Å². The molecule has 0 radical (unpaired) electrons. The molecule has 0 unspecified atom stereocenters. The van der Waals surface area contributed by atoms with E-state index in [1.165, 1.54) is 4.68 Å². The number of fused-ring (bicyclic) bond motifs is 1. The number of aliphatic carboxylic acids is 1. The van der Waals surface area contributed by atoms with Gasteiger partial charge in [-0.3, -0.25) is 0 Å². The zero-order valence-electron chi connectivity index (χ0n) is 7.72. The summed E-state index contributed by atoms with van der Waals surface area (Å²) in [5.41, 5.74) is 2.20. The molecule has 14 heavy (non-hydrogen) atoms. The van der Waals surface area contributed by atoms with Crippen molar-refractivity contribution in [2.24, 2.45) is 0 Å². The number of carboxylic acids is 1. The van der Waals surface area contributed by atoms with Crippen LogP contribution in [0.15, 0.2) is 0 Å². The molecular formula is C9H12ClN2O2+. The van der Waals surface area contributed by atoms with Gasteiger partial charge in [-0.1, -0.05) is 4.68 Å². The minimum Gasteiger partial charge on any atom is -0.476 e. The fourth-order valence-corrected chi connectivity index (χ4v) is 2.19. The number of H-pyrrole nitrogens is 1. The van der Waals surface area contributed by atoms with E-state index < -0.39 is 5.97 Å². The van der Waals surface area contributed by atoms with Crippen molar-refractivity contribution in [3.05, 3.63) is 16.4 Å². The number of aryl methyl sites for hydroxylation is 1. The standard InChI is InChI=1S/C9H11ClN2O2/c10-9-6-3-1-2-4-7(6)11-12(9)5-8(13)14/h1-5H2,(H,13,14)/p+1. The van der Waals surface area contributed by atoms with Gasteiger partial charge in [0.1, 0.15) is 0 Å². The average Bonchev–Trinajstić information content (AvgIpc) is 2.44. The Morgan fingerprint density at radius 2 is 2.21 bits per heavy atom. The van der Waals surface area contributed by atoms with Gasteiger partial charge in [-0.25, -0.2) is 4.79 Å². The number of carboxylic acid groups (broad SMARTS) is 1. The molecule has 1 aliphatic rings. The van der Waals surface area contributed by atoms with Crippen LogP contribution >= 0.6 is 11.6 Å². The predicted molar refractivity (Wildman–Crippen MR) is 50.3 cm³/mol. The van der Waals surface area contributed by atoms with Gasteiger partial charge in [0.15, 0.2) is 0 Å². The Bertz CT molecular complexity index is 373. The summed E-state index contributed by atoms with van der Waals surface area (Å²) in [5, 5.41) is 12.2. The molecule has 0 atom stereocenters. The molecule has 0 aromatic carbocycles. The van der Waals surface area contributed by atoms with E-state index in [4.69, 9.17) is 16.7 Å². The SMILES string of the molecule is O=C(O)C[n+]1[nH]c2c(c1Cl)CCCC2. The van der Waals surface area contributed by atoms with Gasteiger partial charge in [0, 0.05) is 0 Å². The molecule has 2 N–H and O–H groups in total. The normalized spacial score (nSPS) is 15.2. The van der Waals surface area contributed by atoms with Gasteiger partial charge in [0.2, 0.25) is 0 Å². The molecule has 0 saturated heterocycles. The predicted octanol–water partition coefficient (Wildman–Crippen LogP) is 0.919. The third-order valence-electron chi connectivity index (χ3n) is 2.52. The second-order valence-electron chi connectivity index (χ2n) is 3.55. The lowest BCUT2D eigenvalue weighted by atomic mass is 9.99. The highest BCUT2D eigenvalue weighted by Gasteiger charge is 2.26. The lowest BCUT2D eigenvalue weighted by Gasteiger charge is -2.05. The Hall–Kier alpha value is -1.03. The second kappa shape index (κ2) is 3.61. The van der Waals surface area contributed by atoms with Crippen LogP contribution in [0.25, 0.3) is 0 Å². The Kier molecular flexibility index (Phi) is 2.46. The molecule has 0 amide bonds. The lowest BCUT2D eigenvalue weighted by Crippen LogP contribution is -2.40. The molecule has 0 saturated carbocycles. The molecule has 2 rings (SSSR count). The van der Waals surface area contributed by atoms with E-state index in [2.05, 4.69) is 5.10 Å². The molecular weight excluding hydrogens is 204 g/mol. The van der Waals surface area contributed by atoms with Crippen molar-refractivity contribution in [1.29, 1.82) is 0 Å². The van der Waals surface area contributed by atoms with Crippen LogP contribution in [0.2, 0.25) is 5.15 Å². The molecule has 1 aromatic heterocycles. The largest absolute Gasteiger partial charge is 0.476 e. The van der Waals surface area contributed by atoms with Crippen molar-refractivity contribution >= 4 is 17.6 Å². The summed E-state index contributed by atoms with van der Waals surface area (Å²) in [5.74, 6) is -0.879. The topological polar surface area (TPSA) is 57.0 Å². The second-order valence-corrected chi connectivity index (χ2v) is 3.90. The minimum atomic E-state index is -0.879. The first kappa shape index (κ1) is 9.52. The van der Waals surface area contributed by atoms with Gasteiger partial charge in [0.05, 0.1) is 11.3 Å².